The minimum atomic E-state index is -2.69. The van der Waals surface area contributed by atoms with Crippen molar-refractivity contribution in [1.29, 1.82) is 0 Å². The number of aryl methyl sites for hydroxylation is 1. The molecule has 2 nitrogen and oxygen atoms in total. The van der Waals surface area contributed by atoms with Gasteiger partial charge in [0.25, 0.3) is 0 Å². The lowest BCUT2D eigenvalue weighted by atomic mass is 10.4. The Morgan fingerprint density at radius 3 is 3.62 bits per heavy atom. The summed E-state index contributed by atoms with van der Waals surface area (Å²) in [6.45, 7) is -2.69. The fraction of sp³-hybridized carbons (Fsp3) is 0.400. The molecule has 0 spiro atoms. The Kier molecular flexibility index (Phi) is 0.530. The van der Waals surface area contributed by atoms with Gasteiger partial charge >= 0.3 is 0 Å². The van der Waals surface area contributed by atoms with Crippen LogP contribution < -0.4 is 5.73 Å². The molecule has 0 unspecified atom stereocenters. The van der Waals surface area contributed by atoms with Crippen molar-refractivity contribution < 1.29 is 6.85 Å². The Bertz CT molecular complexity index is 304. The van der Waals surface area contributed by atoms with Crippen molar-refractivity contribution in [2.45, 2.75) is 13.2 Å². The maximum atomic E-state index is 7.35. The van der Waals surface area contributed by atoms with Crippen LogP contribution in [0.15, 0.2) is 6.20 Å². The van der Waals surface area contributed by atoms with E-state index in [4.69, 9.17) is 12.6 Å². The third-order valence-corrected chi connectivity index (χ3v) is 1.39. The molecule has 0 aromatic carbocycles. The molecule has 1 rings (SSSR count). The molecule has 0 atom stereocenters. The summed E-state index contributed by atoms with van der Waals surface area (Å²) in [4.78, 5) is 3.64. The van der Waals surface area contributed by atoms with Crippen LogP contribution >= 0.6 is 11.3 Å². The number of anilines is 1. The zero-order valence-corrected chi connectivity index (χ0v) is 4.83. The van der Waals surface area contributed by atoms with Crippen LogP contribution in [0.25, 0.3) is 0 Å². The quantitative estimate of drug-likeness (QED) is 0.627. The fourth-order valence-corrected chi connectivity index (χ4v) is 0.833. The van der Waals surface area contributed by atoms with Crippen LogP contribution in [0.2, 0.25) is 0 Å². The topological polar surface area (TPSA) is 38.9 Å². The Balaban J connectivity index is 3.07. The van der Waals surface area contributed by atoms with Crippen LogP contribution in [0, 0.1) is 0 Å². The molecule has 0 aliphatic heterocycles. The van der Waals surface area contributed by atoms with Gasteiger partial charge in [-0.25, -0.2) is 4.98 Å². The van der Waals surface area contributed by atoms with Gasteiger partial charge in [-0.1, -0.05) is 6.85 Å². The summed E-state index contributed by atoms with van der Waals surface area (Å²) in [6.07, 6.45) is -1.21. The lowest BCUT2D eigenvalue weighted by molar-refractivity contribution is 1.17. The fourth-order valence-electron chi connectivity index (χ4n) is 0.345. The molecule has 0 bridgehead atoms. The Morgan fingerprint density at radius 2 is 3.12 bits per heavy atom. The van der Waals surface area contributed by atoms with Crippen LogP contribution in [0.1, 0.15) is 18.6 Å². The summed E-state index contributed by atoms with van der Waals surface area (Å²) in [5, 5.41) is 0.170. The van der Waals surface area contributed by atoms with Crippen molar-refractivity contribution in [2.24, 2.45) is 0 Å². The van der Waals surface area contributed by atoms with Crippen LogP contribution in [0.3, 0.4) is 0 Å². The standard InChI is InChI=1S/C5H8N2S/c1-2-4-3-7-5(6)8-4/h3H,2H2,1H3,(H2,6,7)/i1D3,2D2. The number of hydrogen-bond acceptors (Lipinski definition) is 3. The number of nitrogens with zero attached hydrogens (tertiary/aromatic N) is 1. The molecule has 0 fully saturated rings. The van der Waals surface area contributed by atoms with E-state index in [1.165, 1.54) is 0 Å². The third kappa shape index (κ3) is 0.980. The van der Waals surface area contributed by atoms with Crippen LogP contribution in [-0.2, 0) is 6.37 Å². The van der Waals surface area contributed by atoms with Crippen molar-refractivity contribution in [1.82, 2.24) is 4.98 Å². The van der Waals surface area contributed by atoms with Crippen LogP contribution in [-0.4, -0.2) is 4.98 Å². The van der Waals surface area contributed by atoms with Gasteiger partial charge in [-0.15, -0.1) is 11.3 Å². The van der Waals surface area contributed by atoms with E-state index in [-0.39, 0.29) is 10.0 Å². The van der Waals surface area contributed by atoms with Crippen molar-refractivity contribution in [3.05, 3.63) is 11.1 Å². The van der Waals surface area contributed by atoms with E-state index in [0.717, 1.165) is 17.5 Å². The van der Waals surface area contributed by atoms with Crippen molar-refractivity contribution in [2.75, 3.05) is 5.73 Å². The second-order valence-corrected chi connectivity index (χ2v) is 2.25. The molecule has 0 amide bonds. The van der Waals surface area contributed by atoms with E-state index < -0.39 is 13.2 Å². The molecular formula is C5H8N2S. The van der Waals surface area contributed by atoms with E-state index in [1.807, 2.05) is 0 Å². The van der Waals surface area contributed by atoms with Crippen LogP contribution in [0.5, 0.6) is 0 Å². The highest BCUT2D eigenvalue weighted by Crippen LogP contribution is 2.13. The maximum Gasteiger partial charge on any atom is 0.180 e. The van der Waals surface area contributed by atoms with Gasteiger partial charge in [0, 0.05) is 17.9 Å². The monoisotopic (exact) mass is 133 g/mol. The van der Waals surface area contributed by atoms with Gasteiger partial charge in [-0.2, -0.15) is 0 Å². The second kappa shape index (κ2) is 2.13. The van der Waals surface area contributed by atoms with Gasteiger partial charge in [-0.3, -0.25) is 0 Å². The van der Waals surface area contributed by atoms with E-state index in [0.29, 0.717) is 0 Å². The van der Waals surface area contributed by atoms with E-state index in [2.05, 4.69) is 4.98 Å². The predicted octanol–water partition coefficient (Wildman–Crippen LogP) is 1.29. The Morgan fingerprint density at radius 1 is 2.25 bits per heavy atom. The minimum Gasteiger partial charge on any atom is -0.375 e. The average molecular weight is 133 g/mol. The van der Waals surface area contributed by atoms with Crippen molar-refractivity contribution in [3.8, 4) is 0 Å². The third-order valence-electron chi connectivity index (χ3n) is 0.647. The lowest BCUT2D eigenvalue weighted by Crippen LogP contribution is -1.77. The lowest BCUT2D eigenvalue weighted by Gasteiger charge is -1.78. The summed E-state index contributed by atoms with van der Waals surface area (Å²) in [5.41, 5.74) is 5.28. The average Bonchev–Trinajstić information content (AvgIpc) is 2.33. The molecule has 1 heterocycles. The first-order chi connectivity index (χ1) is 5.75. The molecule has 44 valence electrons. The van der Waals surface area contributed by atoms with Gasteiger partial charge in [0.2, 0.25) is 0 Å². The highest BCUT2D eigenvalue weighted by molar-refractivity contribution is 7.15. The van der Waals surface area contributed by atoms with Crippen molar-refractivity contribution >= 4 is 16.5 Å². The number of thiazole rings is 1. The predicted molar refractivity (Wildman–Crippen MR) is 35.9 cm³/mol. The molecule has 0 saturated heterocycles. The van der Waals surface area contributed by atoms with Gasteiger partial charge in [0.15, 0.2) is 5.13 Å². The number of aromatic nitrogens is 1. The van der Waals surface area contributed by atoms with E-state index in [9.17, 15) is 0 Å². The first kappa shape index (κ1) is 1.99. The van der Waals surface area contributed by atoms with Gasteiger partial charge in [0.05, 0.1) is 0 Å². The summed E-state index contributed by atoms with van der Waals surface area (Å²) in [7, 11) is 0. The Hall–Kier alpha value is -0.570. The molecule has 3 heteroatoms. The minimum absolute atomic E-state index is 0.0324. The highest BCUT2D eigenvalue weighted by Gasteiger charge is 1.91. The number of nitrogens with two attached hydrogens (primary N) is 1. The summed E-state index contributed by atoms with van der Waals surface area (Å²) < 4.78 is 35.6. The normalized spacial score (nSPS) is 22.2. The number of rotatable bonds is 1. The van der Waals surface area contributed by atoms with Gasteiger partial charge < -0.3 is 5.73 Å². The smallest absolute Gasteiger partial charge is 0.180 e. The Labute approximate surface area is 59.4 Å². The maximum absolute atomic E-state index is 7.35. The molecule has 2 N–H and O–H groups in total. The molecular weight excluding hydrogens is 120 g/mol. The molecule has 0 aliphatic rings. The van der Waals surface area contributed by atoms with Crippen molar-refractivity contribution in [3.63, 3.8) is 0 Å². The van der Waals surface area contributed by atoms with E-state index >= 15 is 0 Å². The van der Waals surface area contributed by atoms with Gasteiger partial charge in [-0.05, 0) is 6.37 Å². The van der Waals surface area contributed by atoms with Crippen LogP contribution in [0.4, 0.5) is 5.13 Å². The zero-order valence-electron chi connectivity index (χ0n) is 9.01. The summed E-state index contributed by atoms with van der Waals surface area (Å²) >= 11 is 0.853. The van der Waals surface area contributed by atoms with Gasteiger partial charge in [0.1, 0.15) is 0 Å². The summed E-state index contributed by atoms with van der Waals surface area (Å²) in [6, 6.07) is 0. The molecule has 0 radical (unpaired) electrons. The molecule has 0 saturated carbocycles. The molecule has 1 aromatic heterocycles. The molecule has 1 aromatic rings. The van der Waals surface area contributed by atoms with E-state index in [1.54, 1.807) is 0 Å². The first-order valence-electron chi connectivity index (χ1n) is 4.47. The first-order valence-corrected chi connectivity index (χ1v) is 2.78. The SMILES string of the molecule is [2H]C([2H])([2H])C([2H])([2H])c1cnc(N)s1. The number of hydrogen-bond donors (Lipinski definition) is 1. The second-order valence-electron chi connectivity index (χ2n) is 1.19. The zero-order chi connectivity index (χ0) is 10.3. The highest BCUT2D eigenvalue weighted by atomic mass is 32.1. The molecule has 0 aliphatic carbocycles. The summed E-state index contributed by atoms with van der Waals surface area (Å²) in [5.74, 6) is 0. The number of nitrogen functional groups attached to an aromatic ring is 1. The molecule has 8 heavy (non-hydrogen) atoms. The largest absolute Gasteiger partial charge is 0.375 e.